The maximum atomic E-state index is 14.1. The molecule has 0 amide bonds. The van der Waals surface area contributed by atoms with Crippen LogP contribution in [0.3, 0.4) is 0 Å². The fraction of sp³-hybridized carbons (Fsp3) is 0.389. The minimum Gasteiger partial charge on any atom is -0.477 e. The summed E-state index contributed by atoms with van der Waals surface area (Å²) < 4.78 is 19.3. The van der Waals surface area contributed by atoms with Crippen LogP contribution in [0.2, 0.25) is 0 Å². The number of nitrogens with one attached hydrogen (secondary N) is 1. The molecule has 6 heteroatoms. The minimum atomic E-state index is -1.13. The van der Waals surface area contributed by atoms with Crippen molar-refractivity contribution in [1.29, 1.82) is 0 Å². The van der Waals surface area contributed by atoms with Crippen LogP contribution >= 0.6 is 0 Å². The van der Waals surface area contributed by atoms with Crippen molar-refractivity contribution >= 4 is 5.78 Å². The molecule has 0 atom stereocenters. The normalized spacial score (nSPS) is 15.6. The zero-order chi connectivity index (χ0) is 17.0. The van der Waals surface area contributed by atoms with Gasteiger partial charge in [-0.3, -0.25) is 4.79 Å². The van der Waals surface area contributed by atoms with Crippen molar-refractivity contribution in [2.45, 2.75) is 25.4 Å². The highest BCUT2D eigenvalue weighted by Gasteiger charge is 2.36. The number of ether oxygens (including phenoxy) is 1. The maximum absolute atomic E-state index is 14.1. The minimum absolute atomic E-state index is 0.108. The zero-order valence-electron chi connectivity index (χ0n) is 13.6. The first-order valence-electron chi connectivity index (χ1n) is 8.03. The van der Waals surface area contributed by atoms with Crippen molar-refractivity contribution < 1.29 is 13.9 Å². The predicted octanol–water partition coefficient (Wildman–Crippen LogP) is 2.15. The molecule has 0 saturated carbocycles. The number of alkyl halides is 1. The van der Waals surface area contributed by atoms with Gasteiger partial charge in [0, 0.05) is 25.9 Å². The van der Waals surface area contributed by atoms with Crippen LogP contribution in [0.4, 0.5) is 4.39 Å². The number of carbonyl (C=O) groups is 1. The lowest BCUT2D eigenvalue weighted by Gasteiger charge is -2.35. The lowest BCUT2D eigenvalue weighted by molar-refractivity contribution is 0.0911. The molecule has 1 saturated heterocycles. The van der Waals surface area contributed by atoms with Gasteiger partial charge in [-0.2, -0.15) is 0 Å². The van der Waals surface area contributed by atoms with Crippen LogP contribution in [0.15, 0.2) is 36.7 Å². The van der Waals surface area contributed by atoms with Crippen molar-refractivity contribution in [3.63, 3.8) is 0 Å². The zero-order valence-corrected chi connectivity index (χ0v) is 13.6. The molecule has 2 heterocycles. The second-order valence-corrected chi connectivity index (χ2v) is 6.02. The summed E-state index contributed by atoms with van der Waals surface area (Å²) in [7, 11) is 0. The Labute approximate surface area is 140 Å². The van der Waals surface area contributed by atoms with E-state index in [2.05, 4.69) is 15.3 Å². The van der Waals surface area contributed by atoms with E-state index in [0.717, 1.165) is 11.1 Å². The van der Waals surface area contributed by atoms with Gasteiger partial charge in [-0.15, -0.1) is 0 Å². The number of halogens is 1. The van der Waals surface area contributed by atoms with E-state index in [1.807, 2.05) is 31.2 Å². The Morgan fingerprint density at radius 2 is 1.92 bits per heavy atom. The predicted molar refractivity (Wildman–Crippen MR) is 88.1 cm³/mol. The van der Waals surface area contributed by atoms with Crippen LogP contribution in [-0.4, -0.2) is 41.1 Å². The number of aromatic nitrogens is 2. The first-order valence-corrected chi connectivity index (χ1v) is 8.03. The molecule has 0 aliphatic carbocycles. The molecule has 126 valence electrons. The quantitative estimate of drug-likeness (QED) is 0.789. The van der Waals surface area contributed by atoms with Gasteiger partial charge in [-0.1, -0.05) is 24.3 Å². The van der Waals surface area contributed by atoms with E-state index >= 15 is 0 Å². The molecule has 3 rings (SSSR count). The Kier molecular flexibility index (Phi) is 4.85. The van der Waals surface area contributed by atoms with E-state index in [9.17, 15) is 9.18 Å². The number of rotatable bonds is 7. The summed E-state index contributed by atoms with van der Waals surface area (Å²) in [4.78, 5) is 20.4. The van der Waals surface area contributed by atoms with Crippen LogP contribution in [0.1, 0.15) is 28.5 Å². The van der Waals surface area contributed by atoms with Gasteiger partial charge >= 0.3 is 0 Å². The number of Topliss-reactive ketones (excluding diaryl/α,β-unsaturated/α-hetero) is 1. The third kappa shape index (κ3) is 3.94. The van der Waals surface area contributed by atoms with Crippen LogP contribution in [-0.2, 0) is 12.8 Å². The SMILES string of the molecule is CCOc1cnc(C(=O)Cc2ccc(CC3(F)CNC3)cc2)cn1. The van der Waals surface area contributed by atoms with Gasteiger partial charge in [0.2, 0.25) is 5.88 Å². The van der Waals surface area contributed by atoms with Crippen LogP contribution in [0, 0.1) is 0 Å². The Bertz CT molecular complexity index is 697. The Morgan fingerprint density at radius 3 is 2.46 bits per heavy atom. The molecule has 1 N–H and O–H groups in total. The lowest BCUT2D eigenvalue weighted by Crippen LogP contribution is -2.57. The number of carbonyl (C=O) groups excluding carboxylic acids is 1. The summed E-state index contributed by atoms with van der Waals surface area (Å²) in [6, 6.07) is 7.49. The van der Waals surface area contributed by atoms with Crippen molar-refractivity contribution in [3.8, 4) is 5.88 Å². The van der Waals surface area contributed by atoms with Gasteiger partial charge in [-0.05, 0) is 18.1 Å². The molecule has 1 aliphatic heterocycles. The van der Waals surface area contributed by atoms with E-state index < -0.39 is 5.67 Å². The molecule has 0 bridgehead atoms. The summed E-state index contributed by atoms with van der Waals surface area (Å²) >= 11 is 0. The average Bonchev–Trinajstić information content (AvgIpc) is 2.56. The van der Waals surface area contributed by atoms with E-state index in [4.69, 9.17) is 4.74 Å². The Balaban J connectivity index is 1.59. The molecular formula is C18H20FN3O2. The van der Waals surface area contributed by atoms with Gasteiger partial charge in [-0.25, -0.2) is 14.4 Å². The maximum Gasteiger partial charge on any atom is 0.232 e. The molecule has 1 aromatic heterocycles. The number of ketones is 1. The summed E-state index contributed by atoms with van der Waals surface area (Å²) in [5.74, 6) is 0.299. The molecule has 2 aromatic rings. The average molecular weight is 329 g/mol. The van der Waals surface area contributed by atoms with Gasteiger partial charge in [0.1, 0.15) is 11.4 Å². The van der Waals surface area contributed by atoms with Crippen LogP contribution in [0.5, 0.6) is 5.88 Å². The molecular weight excluding hydrogens is 309 g/mol. The van der Waals surface area contributed by atoms with Crippen molar-refractivity contribution in [2.75, 3.05) is 19.7 Å². The third-order valence-corrected chi connectivity index (χ3v) is 4.00. The van der Waals surface area contributed by atoms with Gasteiger partial charge in [0.05, 0.1) is 19.0 Å². The standard InChI is InChI=1S/C18H20FN3O2/c1-2-24-17-10-21-15(9-22-17)16(23)7-13-3-5-14(6-4-13)8-18(19)11-20-12-18/h3-6,9-10,20H,2,7-8,11-12H2,1H3. The van der Waals surface area contributed by atoms with E-state index in [-0.39, 0.29) is 12.2 Å². The molecule has 24 heavy (non-hydrogen) atoms. The molecule has 0 spiro atoms. The first kappa shape index (κ1) is 16.5. The molecule has 1 aliphatic rings. The Morgan fingerprint density at radius 1 is 1.21 bits per heavy atom. The highest BCUT2D eigenvalue weighted by molar-refractivity contribution is 5.95. The second kappa shape index (κ2) is 7.05. The summed E-state index contributed by atoms with van der Waals surface area (Å²) in [6.45, 7) is 3.18. The first-order chi connectivity index (χ1) is 11.6. The molecule has 1 aromatic carbocycles. The van der Waals surface area contributed by atoms with E-state index in [1.165, 1.54) is 12.4 Å². The van der Waals surface area contributed by atoms with E-state index in [0.29, 0.717) is 37.7 Å². The number of hydrogen-bond acceptors (Lipinski definition) is 5. The van der Waals surface area contributed by atoms with Crippen molar-refractivity contribution in [1.82, 2.24) is 15.3 Å². The molecule has 5 nitrogen and oxygen atoms in total. The fourth-order valence-electron chi connectivity index (χ4n) is 2.62. The van der Waals surface area contributed by atoms with Crippen LogP contribution in [0.25, 0.3) is 0 Å². The summed E-state index contributed by atoms with van der Waals surface area (Å²) in [5, 5.41) is 2.95. The highest BCUT2D eigenvalue weighted by Crippen LogP contribution is 2.22. The monoisotopic (exact) mass is 329 g/mol. The van der Waals surface area contributed by atoms with Crippen molar-refractivity contribution in [2.24, 2.45) is 0 Å². The molecule has 0 unspecified atom stereocenters. The van der Waals surface area contributed by atoms with Crippen LogP contribution < -0.4 is 10.1 Å². The van der Waals surface area contributed by atoms with Gasteiger partial charge in [0.25, 0.3) is 0 Å². The van der Waals surface area contributed by atoms with Gasteiger partial charge in [0.15, 0.2) is 5.78 Å². The highest BCUT2D eigenvalue weighted by atomic mass is 19.1. The number of nitrogens with zero attached hydrogens (tertiary/aromatic N) is 2. The smallest absolute Gasteiger partial charge is 0.232 e. The largest absolute Gasteiger partial charge is 0.477 e. The van der Waals surface area contributed by atoms with Crippen molar-refractivity contribution in [3.05, 3.63) is 53.5 Å². The topological polar surface area (TPSA) is 64.1 Å². The molecule has 0 radical (unpaired) electrons. The molecule has 1 fully saturated rings. The van der Waals surface area contributed by atoms with Gasteiger partial charge < -0.3 is 10.1 Å². The summed E-state index contributed by atoms with van der Waals surface area (Å²) in [5.41, 5.74) is 0.996. The third-order valence-electron chi connectivity index (χ3n) is 4.00. The number of benzene rings is 1. The summed E-state index contributed by atoms with van der Waals surface area (Å²) in [6.07, 6.45) is 3.52. The lowest BCUT2D eigenvalue weighted by atomic mass is 9.90. The fourth-order valence-corrected chi connectivity index (χ4v) is 2.62. The Hall–Kier alpha value is -2.34. The van der Waals surface area contributed by atoms with E-state index in [1.54, 1.807) is 0 Å². The second-order valence-electron chi connectivity index (χ2n) is 6.02. The number of hydrogen-bond donors (Lipinski definition) is 1.